The van der Waals surface area contributed by atoms with Gasteiger partial charge < -0.3 is 19.5 Å². The topological polar surface area (TPSA) is 39.7 Å². The zero-order chi connectivity index (χ0) is 14.3. The average molecular weight is 281 g/mol. The number of benzene rings is 1. The fourth-order valence-corrected chi connectivity index (χ4v) is 2.59. The van der Waals surface area contributed by atoms with Crippen molar-refractivity contribution in [3.8, 4) is 5.75 Å². The Balaban J connectivity index is 2.67. The summed E-state index contributed by atoms with van der Waals surface area (Å²) in [5, 5.41) is 3.36. The van der Waals surface area contributed by atoms with Gasteiger partial charge in [0.25, 0.3) is 5.17 Å². The fourth-order valence-electron chi connectivity index (χ4n) is 2.37. The van der Waals surface area contributed by atoms with Gasteiger partial charge in [0.15, 0.2) is 0 Å². The van der Waals surface area contributed by atoms with Crippen LogP contribution in [0.4, 0.5) is 5.69 Å². The summed E-state index contributed by atoms with van der Waals surface area (Å²) in [6, 6.07) is 5.71. The van der Waals surface area contributed by atoms with Gasteiger partial charge in [-0.25, -0.2) is 0 Å². The van der Waals surface area contributed by atoms with E-state index in [0.717, 1.165) is 17.0 Å². The highest BCUT2D eigenvalue weighted by molar-refractivity contribution is 7.80. The Morgan fingerprint density at radius 3 is 2.47 bits per heavy atom. The molecule has 1 heterocycles. The molecule has 0 amide bonds. The number of methoxy groups -OCH3 is 2. The Kier molecular flexibility index (Phi) is 3.45. The van der Waals surface area contributed by atoms with Crippen molar-refractivity contribution in [2.45, 2.75) is 26.6 Å². The van der Waals surface area contributed by atoms with E-state index in [1.165, 1.54) is 0 Å². The summed E-state index contributed by atoms with van der Waals surface area (Å²) < 4.78 is 16.9. The molecule has 104 valence electrons. The lowest BCUT2D eigenvalue weighted by molar-refractivity contribution is -0.245. The molecule has 0 saturated heterocycles. The molecule has 1 N–H and O–H groups in total. The molecule has 0 bridgehead atoms. The minimum Gasteiger partial charge on any atom is -0.497 e. The number of ether oxygens (including phenoxy) is 3. The van der Waals surface area contributed by atoms with E-state index in [2.05, 4.69) is 5.32 Å². The number of hydrogen-bond donors (Lipinski definition) is 1. The minimum atomic E-state index is -0.931. The second kappa shape index (κ2) is 4.65. The van der Waals surface area contributed by atoms with E-state index in [1.54, 1.807) is 14.2 Å². The Hall–Kier alpha value is -1.33. The van der Waals surface area contributed by atoms with E-state index in [4.69, 9.17) is 26.4 Å². The van der Waals surface area contributed by atoms with Gasteiger partial charge in [-0.3, -0.25) is 0 Å². The Morgan fingerprint density at radius 2 is 1.95 bits per heavy atom. The van der Waals surface area contributed by atoms with Crippen LogP contribution in [0.15, 0.2) is 18.2 Å². The SMILES string of the molecule is COc1ccc2c(c1)C(OC)(C(C)(C)C)OC(=S)N2. The summed E-state index contributed by atoms with van der Waals surface area (Å²) in [6.45, 7) is 6.15. The van der Waals surface area contributed by atoms with Crippen molar-refractivity contribution < 1.29 is 14.2 Å². The summed E-state index contributed by atoms with van der Waals surface area (Å²) in [6.07, 6.45) is 0. The van der Waals surface area contributed by atoms with Crippen LogP contribution < -0.4 is 10.1 Å². The summed E-state index contributed by atoms with van der Waals surface area (Å²) >= 11 is 5.18. The van der Waals surface area contributed by atoms with Gasteiger partial charge in [-0.05, 0) is 30.4 Å². The molecule has 1 aromatic carbocycles. The second-order valence-corrected chi connectivity index (χ2v) is 5.87. The molecule has 0 saturated carbocycles. The molecule has 4 nitrogen and oxygen atoms in total. The van der Waals surface area contributed by atoms with Gasteiger partial charge in [0.2, 0.25) is 5.79 Å². The lowest BCUT2D eigenvalue weighted by Gasteiger charge is -2.46. The van der Waals surface area contributed by atoms with E-state index in [1.807, 2.05) is 39.0 Å². The summed E-state index contributed by atoms with van der Waals surface area (Å²) in [4.78, 5) is 0. The summed E-state index contributed by atoms with van der Waals surface area (Å²) in [7, 11) is 3.26. The maximum Gasteiger partial charge on any atom is 0.264 e. The first-order valence-corrected chi connectivity index (χ1v) is 6.48. The molecule has 1 aliphatic rings. The first-order valence-electron chi connectivity index (χ1n) is 6.08. The highest BCUT2D eigenvalue weighted by Crippen LogP contribution is 2.49. The second-order valence-electron chi connectivity index (χ2n) is 5.50. The lowest BCUT2D eigenvalue weighted by atomic mass is 9.79. The first-order chi connectivity index (χ1) is 8.84. The number of fused-ring (bicyclic) bond motifs is 1. The van der Waals surface area contributed by atoms with E-state index < -0.39 is 5.79 Å². The van der Waals surface area contributed by atoms with Gasteiger partial charge in [-0.15, -0.1) is 0 Å². The zero-order valence-electron chi connectivity index (χ0n) is 11.9. The highest BCUT2D eigenvalue weighted by atomic mass is 32.1. The highest BCUT2D eigenvalue weighted by Gasteiger charge is 2.51. The van der Waals surface area contributed by atoms with Crippen molar-refractivity contribution in [2.24, 2.45) is 5.41 Å². The molecule has 1 unspecified atom stereocenters. The molecular weight excluding hydrogens is 262 g/mol. The smallest absolute Gasteiger partial charge is 0.264 e. The van der Waals surface area contributed by atoms with Crippen LogP contribution in [-0.2, 0) is 15.3 Å². The van der Waals surface area contributed by atoms with Crippen LogP contribution in [0.3, 0.4) is 0 Å². The van der Waals surface area contributed by atoms with Crippen molar-refractivity contribution in [1.29, 1.82) is 0 Å². The molecule has 0 aliphatic carbocycles. The molecule has 5 heteroatoms. The molecule has 1 aromatic rings. The largest absolute Gasteiger partial charge is 0.497 e. The van der Waals surface area contributed by atoms with Crippen LogP contribution in [0.1, 0.15) is 26.3 Å². The van der Waals surface area contributed by atoms with Gasteiger partial charge in [0.1, 0.15) is 5.75 Å². The third kappa shape index (κ3) is 2.17. The predicted octanol–water partition coefficient (Wildman–Crippen LogP) is 3.27. The van der Waals surface area contributed by atoms with Crippen LogP contribution in [0.5, 0.6) is 5.75 Å². The average Bonchev–Trinajstić information content (AvgIpc) is 2.35. The Labute approximate surface area is 119 Å². The van der Waals surface area contributed by atoms with Crippen LogP contribution in [0.2, 0.25) is 0 Å². The molecule has 1 atom stereocenters. The van der Waals surface area contributed by atoms with Crippen LogP contribution in [-0.4, -0.2) is 19.4 Å². The number of anilines is 1. The number of thiocarbonyl (C=S) groups is 1. The normalized spacial score (nSPS) is 22.3. The minimum absolute atomic E-state index is 0.297. The van der Waals surface area contributed by atoms with Gasteiger partial charge in [0, 0.05) is 12.5 Å². The first kappa shape index (κ1) is 14.1. The van der Waals surface area contributed by atoms with Gasteiger partial charge >= 0.3 is 0 Å². The number of hydrogen-bond acceptors (Lipinski definition) is 4. The molecule has 0 aromatic heterocycles. The Bertz CT molecular complexity index is 510. The molecule has 1 aliphatic heterocycles. The predicted molar refractivity (Wildman–Crippen MR) is 78.4 cm³/mol. The molecule has 0 spiro atoms. The van der Waals surface area contributed by atoms with Crippen LogP contribution in [0.25, 0.3) is 0 Å². The van der Waals surface area contributed by atoms with Gasteiger partial charge in [-0.2, -0.15) is 0 Å². The molecule has 0 fully saturated rings. The van der Waals surface area contributed by atoms with E-state index in [-0.39, 0.29) is 5.41 Å². The van der Waals surface area contributed by atoms with Crippen molar-refractivity contribution in [2.75, 3.05) is 19.5 Å². The molecule has 19 heavy (non-hydrogen) atoms. The molecule has 0 radical (unpaired) electrons. The summed E-state index contributed by atoms with van der Waals surface area (Å²) in [5.74, 6) is -0.179. The molecule has 2 rings (SSSR count). The van der Waals surface area contributed by atoms with Gasteiger partial charge in [-0.1, -0.05) is 20.8 Å². The Morgan fingerprint density at radius 1 is 1.26 bits per heavy atom. The monoisotopic (exact) mass is 281 g/mol. The van der Waals surface area contributed by atoms with Crippen molar-refractivity contribution >= 4 is 23.1 Å². The van der Waals surface area contributed by atoms with Crippen molar-refractivity contribution in [3.63, 3.8) is 0 Å². The quantitative estimate of drug-likeness (QED) is 0.842. The third-order valence-electron chi connectivity index (χ3n) is 3.33. The maximum atomic E-state index is 5.86. The number of rotatable bonds is 2. The lowest BCUT2D eigenvalue weighted by Crippen LogP contribution is -2.49. The zero-order valence-corrected chi connectivity index (χ0v) is 12.7. The standard InChI is InChI=1S/C14H19NO3S/c1-13(2,3)14(17-5)10-8-9(16-4)6-7-11(10)15-12(19)18-14/h6-8H,1-5H3,(H,15,19). The third-order valence-corrected chi connectivity index (χ3v) is 3.51. The maximum absolute atomic E-state index is 5.86. The van der Waals surface area contributed by atoms with E-state index >= 15 is 0 Å². The molecular formula is C14H19NO3S. The summed E-state index contributed by atoms with van der Waals surface area (Å²) in [5.41, 5.74) is 1.47. The van der Waals surface area contributed by atoms with Crippen molar-refractivity contribution in [1.82, 2.24) is 0 Å². The number of nitrogens with one attached hydrogen (secondary N) is 1. The van der Waals surface area contributed by atoms with E-state index in [9.17, 15) is 0 Å². The van der Waals surface area contributed by atoms with Crippen molar-refractivity contribution in [3.05, 3.63) is 23.8 Å². The van der Waals surface area contributed by atoms with E-state index in [0.29, 0.717) is 5.17 Å². The fraction of sp³-hybridized carbons (Fsp3) is 0.500. The van der Waals surface area contributed by atoms with Crippen LogP contribution in [0, 0.1) is 5.41 Å². The van der Waals surface area contributed by atoms with Crippen LogP contribution >= 0.6 is 12.2 Å². The van der Waals surface area contributed by atoms with Gasteiger partial charge in [0.05, 0.1) is 18.4 Å².